The third-order valence-corrected chi connectivity index (χ3v) is 7.65. The van der Waals surface area contributed by atoms with Crippen LogP contribution in [0.25, 0.3) is 11.0 Å². The summed E-state index contributed by atoms with van der Waals surface area (Å²) >= 11 is 12.3. The molecule has 2 heterocycles. The van der Waals surface area contributed by atoms with E-state index in [9.17, 15) is 10.1 Å². The first-order valence-electron chi connectivity index (χ1n) is 12.9. The van der Waals surface area contributed by atoms with Gasteiger partial charge in [0.2, 0.25) is 11.6 Å². The van der Waals surface area contributed by atoms with Gasteiger partial charge in [0.1, 0.15) is 41.1 Å². The minimum Gasteiger partial charge on any atom is -0.489 e. The molecule has 0 spiro atoms. The molecule has 0 aliphatic carbocycles. The van der Waals surface area contributed by atoms with Crippen molar-refractivity contribution in [3.63, 3.8) is 0 Å². The van der Waals surface area contributed by atoms with E-state index in [1.165, 1.54) is 0 Å². The zero-order valence-corrected chi connectivity index (χ0v) is 23.7. The zero-order chi connectivity index (χ0) is 29.4. The Morgan fingerprint density at radius 2 is 1.76 bits per heavy atom. The van der Waals surface area contributed by atoms with E-state index in [4.69, 9.17) is 47.6 Å². The average molecular weight is 597 g/mol. The predicted octanol–water partition coefficient (Wildman–Crippen LogP) is 8.06. The number of hydrogen-bond acceptors (Lipinski definition) is 7. The van der Waals surface area contributed by atoms with Crippen LogP contribution < -0.4 is 19.9 Å². The number of nitrogens with zero attached hydrogens (tertiary/aromatic N) is 1. The highest BCUT2D eigenvalue weighted by molar-refractivity contribution is 6.31. The first-order chi connectivity index (χ1) is 20.3. The Labute approximate surface area is 251 Å². The van der Waals surface area contributed by atoms with Gasteiger partial charge in [-0.3, -0.25) is 0 Å². The SMILES string of the molecule is Cc1c(C(=O)Oc2ccc3c(c2)OC(N)=C(C#N)C3c2ccc(OCc3ccccc3Cl)cc2)oc2ccc(Cl)cc12. The van der Waals surface area contributed by atoms with E-state index >= 15 is 0 Å². The van der Waals surface area contributed by atoms with Crippen LogP contribution >= 0.6 is 23.2 Å². The molecule has 208 valence electrons. The standard InChI is InChI=1S/C33H22Cl2N2O5/c1-18-25-14-21(34)8-13-28(25)41-31(18)33(38)40-23-11-12-24-29(15-23)42-32(37)26(16-36)30(24)19-6-9-22(10-7-19)39-17-20-4-2-3-5-27(20)35/h2-15,30H,17,37H2,1H3. The van der Waals surface area contributed by atoms with Gasteiger partial charge in [-0.05, 0) is 55.0 Å². The van der Waals surface area contributed by atoms with Gasteiger partial charge in [-0.15, -0.1) is 0 Å². The molecule has 0 radical (unpaired) electrons. The predicted molar refractivity (Wildman–Crippen MR) is 159 cm³/mol. The smallest absolute Gasteiger partial charge is 0.379 e. The summed E-state index contributed by atoms with van der Waals surface area (Å²) < 4.78 is 23.1. The number of rotatable bonds is 6. The van der Waals surface area contributed by atoms with Crippen LogP contribution in [0.1, 0.15) is 38.7 Å². The summed E-state index contributed by atoms with van der Waals surface area (Å²) in [5.41, 5.74) is 9.97. The number of halogens is 2. The van der Waals surface area contributed by atoms with Gasteiger partial charge < -0.3 is 24.4 Å². The van der Waals surface area contributed by atoms with Gasteiger partial charge in [-0.2, -0.15) is 5.26 Å². The number of furan rings is 1. The van der Waals surface area contributed by atoms with E-state index in [2.05, 4.69) is 6.07 Å². The molecule has 5 aromatic rings. The molecule has 4 aromatic carbocycles. The zero-order valence-electron chi connectivity index (χ0n) is 22.2. The quantitative estimate of drug-likeness (QED) is 0.156. The lowest BCUT2D eigenvalue weighted by atomic mass is 9.83. The lowest BCUT2D eigenvalue weighted by molar-refractivity contribution is 0.0702. The van der Waals surface area contributed by atoms with Crippen LogP contribution in [-0.4, -0.2) is 5.97 Å². The van der Waals surface area contributed by atoms with Gasteiger partial charge in [0.15, 0.2) is 0 Å². The molecule has 2 N–H and O–H groups in total. The van der Waals surface area contributed by atoms with E-state index in [-0.39, 0.29) is 23.0 Å². The first kappa shape index (κ1) is 27.3. The van der Waals surface area contributed by atoms with E-state index in [1.807, 2.05) is 48.5 Å². The Balaban J connectivity index is 1.25. The van der Waals surface area contributed by atoms with Crippen molar-refractivity contribution in [1.29, 1.82) is 5.26 Å². The number of carbonyl (C=O) groups excluding carboxylic acids is 1. The van der Waals surface area contributed by atoms with Crippen LogP contribution in [0.4, 0.5) is 0 Å². The van der Waals surface area contributed by atoms with Crippen LogP contribution in [0.2, 0.25) is 10.0 Å². The fourth-order valence-corrected chi connectivity index (χ4v) is 5.28. The first-order valence-corrected chi connectivity index (χ1v) is 13.7. The van der Waals surface area contributed by atoms with Crippen molar-refractivity contribution >= 4 is 40.1 Å². The summed E-state index contributed by atoms with van der Waals surface area (Å²) in [6.45, 7) is 2.08. The second-order valence-electron chi connectivity index (χ2n) is 9.66. The van der Waals surface area contributed by atoms with Crippen molar-refractivity contribution in [3.8, 4) is 23.3 Å². The molecule has 7 nitrogen and oxygen atoms in total. The van der Waals surface area contributed by atoms with Gasteiger partial charge in [-0.1, -0.05) is 59.6 Å². The van der Waals surface area contributed by atoms with Crippen molar-refractivity contribution in [2.75, 3.05) is 0 Å². The maximum Gasteiger partial charge on any atom is 0.379 e. The Morgan fingerprint density at radius 3 is 2.52 bits per heavy atom. The number of allylic oxidation sites excluding steroid dienone is 1. The number of aryl methyl sites for hydroxylation is 1. The molecule has 6 rings (SSSR count). The summed E-state index contributed by atoms with van der Waals surface area (Å²) in [5, 5.41) is 11.8. The van der Waals surface area contributed by atoms with Crippen LogP contribution in [0.5, 0.6) is 17.2 Å². The lowest BCUT2D eigenvalue weighted by Crippen LogP contribution is -2.21. The van der Waals surface area contributed by atoms with Crippen molar-refractivity contribution in [3.05, 3.63) is 134 Å². The van der Waals surface area contributed by atoms with Crippen molar-refractivity contribution in [2.24, 2.45) is 5.73 Å². The van der Waals surface area contributed by atoms with Gasteiger partial charge in [-0.25, -0.2) is 4.79 Å². The molecule has 0 saturated carbocycles. The highest BCUT2D eigenvalue weighted by Gasteiger charge is 2.31. The molecule has 42 heavy (non-hydrogen) atoms. The summed E-state index contributed by atoms with van der Waals surface area (Å²) in [5.74, 6) is 0.131. The molecular weight excluding hydrogens is 575 g/mol. The number of hydrogen-bond donors (Lipinski definition) is 1. The molecule has 1 aliphatic heterocycles. The van der Waals surface area contributed by atoms with Gasteiger partial charge in [0.25, 0.3) is 0 Å². The summed E-state index contributed by atoms with van der Waals surface area (Å²) in [4.78, 5) is 13.0. The second-order valence-corrected chi connectivity index (χ2v) is 10.5. The molecule has 0 bridgehead atoms. The van der Waals surface area contributed by atoms with Crippen molar-refractivity contribution < 1.29 is 23.4 Å². The Kier molecular flexibility index (Phi) is 7.26. The summed E-state index contributed by atoms with van der Waals surface area (Å²) in [7, 11) is 0. The largest absolute Gasteiger partial charge is 0.489 e. The summed E-state index contributed by atoms with van der Waals surface area (Å²) in [6, 6.07) is 27.1. The molecule has 9 heteroatoms. The highest BCUT2D eigenvalue weighted by Crippen LogP contribution is 2.44. The third-order valence-electron chi connectivity index (χ3n) is 7.05. The average Bonchev–Trinajstić information content (AvgIpc) is 3.31. The minimum absolute atomic E-state index is 0.0254. The van der Waals surface area contributed by atoms with E-state index in [0.717, 1.165) is 16.5 Å². The Morgan fingerprint density at radius 1 is 1.00 bits per heavy atom. The number of ether oxygens (including phenoxy) is 3. The van der Waals surface area contributed by atoms with Crippen LogP contribution in [0.15, 0.2) is 101 Å². The van der Waals surface area contributed by atoms with Crippen molar-refractivity contribution in [2.45, 2.75) is 19.4 Å². The topological polar surface area (TPSA) is 108 Å². The fraction of sp³-hybridized carbons (Fsp3) is 0.0909. The van der Waals surface area contributed by atoms with Crippen LogP contribution in [-0.2, 0) is 6.61 Å². The lowest BCUT2D eigenvalue weighted by Gasteiger charge is -2.26. The Hall–Kier alpha value is -4.90. The number of carbonyl (C=O) groups is 1. The number of nitrogens with two attached hydrogens (primary N) is 1. The maximum atomic E-state index is 13.0. The molecule has 1 unspecified atom stereocenters. The van der Waals surface area contributed by atoms with Crippen LogP contribution in [0.3, 0.4) is 0 Å². The molecule has 1 atom stereocenters. The molecular formula is C33H22Cl2N2O5. The number of nitriles is 1. The third kappa shape index (κ3) is 5.14. The normalized spacial score (nSPS) is 14.2. The molecule has 0 amide bonds. The minimum atomic E-state index is -0.666. The molecule has 1 aromatic heterocycles. The monoisotopic (exact) mass is 596 g/mol. The van der Waals surface area contributed by atoms with Crippen LogP contribution in [0, 0.1) is 18.3 Å². The second kappa shape index (κ2) is 11.2. The number of esters is 1. The van der Waals surface area contributed by atoms with E-state index in [0.29, 0.717) is 44.9 Å². The van der Waals surface area contributed by atoms with Crippen molar-refractivity contribution in [1.82, 2.24) is 0 Å². The molecule has 0 fully saturated rings. The van der Waals surface area contributed by atoms with Gasteiger partial charge >= 0.3 is 5.97 Å². The molecule has 0 saturated heterocycles. The highest BCUT2D eigenvalue weighted by atomic mass is 35.5. The Bertz CT molecular complexity index is 1920. The number of fused-ring (bicyclic) bond motifs is 2. The van der Waals surface area contributed by atoms with E-state index < -0.39 is 11.9 Å². The van der Waals surface area contributed by atoms with Gasteiger partial charge in [0.05, 0.1) is 5.92 Å². The number of benzene rings is 4. The van der Waals surface area contributed by atoms with Gasteiger partial charge in [0, 0.05) is 38.2 Å². The maximum absolute atomic E-state index is 13.0. The molecule has 1 aliphatic rings. The van der Waals surface area contributed by atoms with E-state index in [1.54, 1.807) is 43.3 Å². The summed E-state index contributed by atoms with van der Waals surface area (Å²) in [6.07, 6.45) is 0. The fourth-order valence-electron chi connectivity index (χ4n) is 4.92.